The van der Waals surface area contributed by atoms with Crippen LogP contribution in [0, 0.1) is 5.92 Å². The van der Waals surface area contributed by atoms with Gasteiger partial charge >= 0.3 is 0 Å². The molecule has 1 aliphatic carbocycles. The Hall–Kier alpha value is -2.29. The lowest BCUT2D eigenvalue weighted by molar-refractivity contribution is -0.119. The molecule has 0 spiro atoms. The lowest BCUT2D eigenvalue weighted by atomic mass is 10.1. The number of nitrogen functional groups attached to an aromatic ring is 1. The summed E-state index contributed by atoms with van der Waals surface area (Å²) in [4.78, 5) is 14.7. The second kappa shape index (κ2) is 4.62. The lowest BCUT2D eigenvalue weighted by Crippen LogP contribution is -2.30. The van der Waals surface area contributed by atoms with Gasteiger partial charge in [0, 0.05) is 23.8 Å². The molecule has 1 fully saturated rings. The van der Waals surface area contributed by atoms with E-state index in [9.17, 15) is 4.79 Å². The molecule has 0 aromatic heterocycles. The van der Waals surface area contributed by atoms with Gasteiger partial charge in [0.05, 0.1) is 0 Å². The van der Waals surface area contributed by atoms with Crippen LogP contribution in [0.3, 0.4) is 0 Å². The van der Waals surface area contributed by atoms with E-state index in [0.717, 1.165) is 30.8 Å². The van der Waals surface area contributed by atoms with Crippen molar-refractivity contribution < 1.29 is 4.79 Å². The van der Waals surface area contributed by atoms with E-state index in [4.69, 9.17) is 5.73 Å². The normalized spacial score (nSPS) is 23.0. The van der Waals surface area contributed by atoms with E-state index < -0.39 is 0 Å². The highest BCUT2D eigenvalue weighted by molar-refractivity contribution is 5.99. The number of fused-ring (bicyclic) bond motifs is 1. The van der Waals surface area contributed by atoms with Gasteiger partial charge in [0.15, 0.2) is 0 Å². The van der Waals surface area contributed by atoms with Gasteiger partial charge in [-0.15, -0.1) is 0 Å². The molecule has 4 rings (SSSR count). The molecule has 0 saturated heterocycles. The molecule has 106 valence electrons. The molecule has 0 bridgehead atoms. The fraction of sp³-hybridized carbons (Fsp3) is 0.278. The number of anilines is 2. The van der Waals surface area contributed by atoms with Crippen LogP contribution in [0.15, 0.2) is 48.5 Å². The van der Waals surface area contributed by atoms with Crippen LogP contribution in [0.4, 0.5) is 11.4 Å². The predicted octanol–water partition coefficient (Wildman–Crippen LogP) is 2.96. The monoisotopic (exact) mass is 278 g/mol. The molecule has 2 aromatic rings. The van der Waals surface area contributed by atoms with Crippen molar-refractivity contribution in [1.82, 2.24) is 0 Å². The van der Waals surface area contributed by atoms with E-state index >= 15 is 0 Å². The fourth-order valence-electron chi connectivity index (χ4n) is 3.39. The Balaban J connectivity index is 1.54. The van der Waals surface area contributed by atoms with Gasteiger partial charge in [0.1, 0.15) is 0 Å². The van der Waals surface area contributed by atoms with E-state index in [-0.39, 0.29) is 11.8 Å². The zero-order chi connectivity index (χ0) is 14.4. The summed E-state index contributed by atoms with van der Waals surface area (Å²) < 4.78 is 0. The first kappa shape index (κ1) is 12.5. The summed E-state index contributed by atoms with van der Waals surface area (Å²) in [7, 11) is 0. The van der Waals surface area contributed by atoms with Crippen molar-refractivity contribution in [2.75, 3.05) is 17.2 Å². The maximum absolute atomic E-state index is 12.7. The summed E-state index contributed by atoms with van der Waals surface area (Å²) in [5.41, 5.74) is 10.1. The average Bonchev–Trinajstić information content (AvgIpc) is 3.21. The van der Waals surface area contributed by atoms with Crippen LogP contribution in [0.5, 0.6) is 0 Å². The van der Waals surface area contributed by atoms with Gasteiger partial charge in [-0.25, -0.2) is 0 Å². The van der Waals surface area contributed by atoms with Crippen molar-refractivity contribution in [2.45, 2.75) is 18.8 Å². The maximum atomic E-state index is 12.7. The SMILES string of the molecule is Nc1ccc2c(c1)CCN2C(=O)C1CC1c1ccccc1. The van der Waals surface area contributed by atoms with Gasteiger partial charge < -0.3 is 10.6 Å². The van der Waals surface area contributed by atoms with Crippen LogP contribution in [0.1, 0.15) is 23.5 Å². The van der Waals surface area contributed by atoms with Gasteiger partial charge in [-0.2, -0.15) is 0 Å². The Kier molecular flexibility index (Phi) is 2.74. The zero-order valence-electron chi connectivity index (χ0n) is 11.8. The second-order valence-electron chi connectivity index (χ2n) is 5.99. The van der Waals surface area contributed by atoms with Crippen molar-refractivity contribution in [2.24, 2.45) is 5.92 Å². The predicted molar refractivity (Wildman–Crippen MR) is 84.2 cm³/mol. The minimum atomic E-state index is 0.149. The third-order valence-electron chi connectivity index (χ3n) is 4.60. The number of nitrogens with zero attached hydrogens (tertiary/aromatic N) is 1. The van der Waals surface area contributed by atoms with Crippen LogP contribution in [0.25, 0.3) is 0 Å². The molecule has 2 N–H and O–H groups in total. The molecule has 2 atom stereocenters. The van der Waals surface area contributed by atoms with E-state index in [1.54, 1.807) is 0 Å². The molecule has 2 unspecified atom stereocenters. The first-order chi connectivity index (χ1) is 10.2. The number of carbonyl (C=O) groups is 1. The minimum absolute atomic E-state index is 0.149. The number of hydrogen-bond acceptors (Lipinski definition) is 2. The topological polar surface area (TPSA) is 46.3 Å². The second-order valence-corrected chi connectivity index (χ2v) is 5.99. The van der Waals surface area contributed by atoms with Gasteiger partial charge in [-0.3, -0.25) is 4.79 Å². The molecule has 1 aliphatic heterocycles. The summed E-state index contributed by atoms with van der Waals surface area (Å²) in [6, 6.07) is 16.2. The molecular formula is C18H18N2O. The van der Waals surface area contributed by atoms with Gasteiger partial charge in [-0.1, -0.05) is 30.3 Å². The van der Waals surface area contributed by atoms with Crippen molar-refractivity contribution in [3.05, 3.63) is 59.7 Å². The average molecular weight is 278 g/mol. The first-order valence-electron chi connectivity index (χ1n) is 7.49. The summed E-state index contributed by atoms with van der Waals surface area (Å²) in [5.74, 6) is 0.819. The van der Waals surface area contributed by atoms with Crippen molar-refractivity contribution in [3.8, 4) is 0 Å². The summed E-state index contributed by atoms with van der Waals surface area (Å²) in [6.45, 7) is 0.787. The highest BCUT2D eigenvalue weighted by atomic mass is 16.2. The molecule has 3 nitrogen and oxygen atoms in total. The molecule has 1 heterocycles. The zero-order valence-corrected chi connectivity index (χ0v) is 11.8. The number of rotatable bonds is 2. The number of carbonyl (C=O) groups excluding carboxylic acids is 1. The third kappa shape index (κ3) is 2.09. The van der Waals surface area contributed by atoms with E-state index in [0.29, 0.717) is 5.92 Å². The van der Waals surface area contributed by atoms with Gasteiger partial charge in [0.2, 0.25) is 5.91 Å². The highest BCUT2D eigenvalue weighted by Gasteiger charge is 2.46. The Morgan fingerprint density at radius 1 is 1.14 bits per heavy atom. The Morgan fingerprint density at radius 2 is 1.95 bits per heavy atom. The molecule has 1 saturated carbocycles. The minimum Gasteiger partial charge on any atom is -0.399 e. The maximum Gasteiger partial charge on any atom is 0.230 e. The van der Waals surface area contributed by atoms with E-state index in [1.165, 1.54) is 11.1 Å². The molecule has 2 aromatic carbocycles. The first-order valence-corrected chi connectivity index (χ1v) is 7.49. The molecule has 21 heavy (non-hydrogen) atoms. The van der Waals surface area contributed by atoms with Crippen LogP contribution < -0.4 is 10.6 Å². The largest absolute Gasteiger partial charge is 0.399 e. The van der Waals surface area contributed by atoms with Crippen LogP contribution in [-0.2, 0) is 11.2 Å². The number of nitrogens with two attached hydrogens (primary N) is 1. The van der Waals surface area contributed by atoms with E-state index in [2.05, 4.69) is 12.1 Å². The van der Waals surface area contributed by atoms with Crippen molar-refractivity contribution >= 4 is 17.3 Å². The van der Waals surface area contributed by atoms with Crippen molar-refractivity contribution in [1.29, 1.82) is 0 Å². The third-order valence-corrected chi connectivity index (χ3v) is 4.60. The molecule has 1 amide bonds. The Bertz CT molecular complexity index is 696. The molecule has 3 heteroatoms. The molecule has 2 aliphatic rings. The number of amides is 1. The lowest BCUT2D eigenvalue weighted by Gasteiger charge is -2.17. The number of benzene rings is 2. The van der Waals surface area contributed by atoms with E-state index in [1.807, 2.05) is 41.3 Å². The Labute approximate surface area is 124 Å². The molecule has 0 radical (unpaired) electrons. The standard InChI is InChI=1S/C18H18N2O/c19-14-6-7-17-13(10-14)8-9-20(17)18(21)16-11-15(16)12-4-2-1-3-5-12/h1-7,10,15-16H,8-9,11,19H2. The summed E-state index contributed by atoms with van der Waals surface area (Å²) in [5, 5.41) is 0. The summed E-state index contributed by atoms with van der Waals surface area (Å²) in [6.07, 6.45) is 1.89. The smallest absolute Gasteiger partial charge is 0.230 e. The van der Waals surface area contributed by atoms with Crippen LogP contribution >= 0.6 is 0 Å². The Morgan fingerprint density at radius 3 is 2.76 bits per heavy atom. The van der Waals surface area contributed by atoms with Crippen LogP contribution in [0.2, 0.25) is 0 Å². The number of hydrogen-bond donors (Lipinski definition) is 1. The molecular weight excluding hydrogens is 260 g/mol. The van der Waals surface area contributed by atoms with Crippen molar-refractivity contribution in [3.63, 3.8) is 0 Å². The van der Waals surface area contributed by atoms with Gasteiger partial charge in [-0.05, 0) is 48.1 Å². The van der Waals surface area contributed by atoms with Crippen LogP contribution in [-0.4, -0.2) is 12.5 Å². The highest BCUT2D eigenvalue weighted by Crippen LogP contribution is 2.49. The quantitative estimate of drug-likeness (QED) is 0.858. The summed E-state index contributed by atoms with van der Waals surface area (Å²) >= 11 is 0. The van der Waals surface area contributed by atoms with Gasteiger partial charge in [0.25, 0.3) is 0 Å². The fourth-order valence-corrected chi connectivity index (χ4v) is 3.39.